The van der Waals surface area contributed by atoms with E-state index >= 15 is 0 Å². The summed E-state index contributed by atoms with van der Waals surface area (Å²) < 4.78 is 33.8. The van der Waals surface area contributed by atoms with Crippen molar-refractivity contribution in [2.45, 2.75) is 51.9 Å². The maximum absolute atomic E-state index is 13.5. The minimum Gasteiger partial charge on any atom is -0.483 e. The van der Waals surface area contributed by atoms with E-state index in [0.717, 1.165) is 33.0 Å². The smallest absolute Gasteiger partial charge is 0.278 e. The number of hydrogen-bond donors (Lipinski definition) is 0. The Morgan fingerprint density at radius 2 is 1.52 bits per heavy atom. The van der Waals surface area contributed by atoms with Crippen LogP contribution >= 0.6 is 0 Å². The maximum atomic E-state index is 13.5. The number of anilines is 1. The highest BCUT2D eigenvalue weighted by molar-refractivity contribution is 7.93. The Kier molecular flexibility index (Phi) is 7.59. The summed E-state index contributed by atoms with van der Waals surface area (Å²) in [6, 6.07) is 19.3. The molecule has 5 nitrogen and oxygen atoms in total. The van der Waals surface area contributed by atoms with Crippen LogP contribution in [0.3, 0.4) is 0 Å². The van der Waals surface area contributed by atoms with E-state index in [2.05, 4.69) is 0 Å². The zero-order chi connectivity index (χ0) is 24.2. The molecule has 33 heavy (non-hydrogen) atoms. The van der Waals surface area contributed by atoms with Crippen LogP contribution in [-0.2, 0) is 21.2 Å². The molecule has 3 aromatic rings. The lowest BCUT2D eigenvalue weighted by atomic mass is 10.0. The van der Waals surface area contributed by atoms with E-state index < -0.39 is 22.5 Å². The topological polar surface area (TPSA) is 63.7 Å². The first kappa shape index (κ1) is 24.5. The molecule has 0 aliphatic carbocycles. The van der Waals surface area contributed by atoms with E-state index in [1.165, 1.54) is 12.1 Å². The maximum Gasteiger partial charge on any atom is 0.278 e. The third kappa shape index (κ3) is 5.63. The lowest BCUT2D eigenvalue weighted by molar-refractivity contribution is -0.119. The second-order valence-electron chi connectivity index (χ2n) is 8.48. The fourth-order valence-corrected chi connectivity index (χ4v) is 4.95. The van der Waals surface area contributed by atoms with E-state index in [1.54, 1.807) is 24.3 Å². The van der Waals surface area contributed by atoms with Gasteiger partial charge in [-0.1, -0.05) is 62.7 Å². The highest BCUT2D eigenvalue weighted by Gasteiger charge is 2.31. The molecule has 0 spiro atoms. The lowest BCUT2D eigenvalue weighted by Crippen LogP contribution is -2.40. The van der Waals surface area contributed by atoms with Gasteiger partial charge in [0.2, 0.25) is 0 Å². The van der Waals surface area contributed by atoms with Crippen molar-refractivity contribution in [1.29, 1.82) is 0 Å². The van der Waals surface area contributed by atoms with Gasteiger partial charge in [-0.3, -0.25) is 4.79 Å². The van der Waals surface area contributed by atoms with E-state index in [0.29, 0.717) is 5.75 Å². The number of benzene rings is 3. The van der Waals surface area contributed by atoms with Crippen molar-refractivity contribution in [2.75, 3.05) is 10.9 Å². The number of ether oxygens (including phenoxy) is 1. The van der Waals surface area contributed by atoms with Crippen LogP contribution in [0.4, 0.5) is 5.69 Å². The van der Waals surface area contributed by atoms with Crippen LogP contribution in [0.2, 0.25) is 0 Å². The van der Waals surface area contributed by atoms with Crippen molar-refractivity contribution in [3.05, 3.63) is 89.0 Å². The standard InChI is InChI=1S/C27H31NO4S/c1-6-22-10-12-23(13-11-22)28(33(30,31)24-14-7-20(4)8-15-24)27(29)18-32-26-17-21(5)9-16-25(26)19(2)3/h7-17,19H,6,18H2,1-5H3. The summed E-state index contributed by atoms with van der Waals surface area (Å²) in [7, 11) is -4.12. The van der Waals surface area contributed by atoms with Crippen LogP contribution in [0.25, 0.3) is 0 Å². The van der Waals surface area contributed by atoms with Gasteiger partial charge in [0, 0.05) is 0 Å². The number of rotatable bonds is 8. The number of sulfonamides is 1. The molecule has 0 aromatic heterocycles. The van der Waals surface area contributed by atoms with Crippen LogP contribution in [0, 0.1) is 13.8 Å². The molecule has 0 aliphatic rings. The Balaban J connectivity index is 1.98. The Labute approximate surface area is 197 Å². The summed E-state index contributed by atoms with van der Waals surface area (Å²) in [6.07, 6.45) is 0.813. The fourth-order valence-electron chi connectivity index (χ4n) is 3.54. The van der Waals surface area contributed by atoms with Crippen LogP contribution in [0.1, 0.15) is 48.9 Å². The molecule has 174 valence electrons. The highest BCUT2D eigenvalue weighted by atomic mass is 32.2. The number of amides is 1. The fraction of sp³-hybridized carbons (Fsp3) is 0.296. The molecule has 0 bridgehead atoms. The Hall–Kier alpha value is -3.12. The number of nitrogens with zero attached hydrogens (tertiary/aromatic N) is 1. The normalized spacial score (nSPS) is 11.5. The summed E-state index contributed by atoms with van der Waals surface area (Å²) in [5, 5.41) is 0. The molecule has 0 aliphatic heterocycles. The van der Waals surface area contributed by atoms with E-state index in [4.69, 9.17) is 4.74 Å². The predicted octanol–water partition coefficient (Wildman–Crippen LogP) is 5.79. The summed E-state index contributed by atoms with van der Waals surface area (Å²) >= 11 is 0. The van der Waals surface area contributed by atoms with Crippen molar-refractivity contribution >= 4 is 21.6 Å². The van der Waals surface area contributed by atoms with Gasteiger partial charge in [-0.25, -0.2) is 8.42 Å². The molecular formula is C27H31NO4S. The zero-order valence-electron chi connectivity index (χ0n) is 19.8. The van der Waals surface area contributed by atoms with E-state index in [1.807, 2.05) is 65.0 Å². The summed E-state index contributed by atoms with van der Waals surface area (Å²) in [5.41, 5.74) is 4.24. The molecule has 0 radical (unpaired) electrons. The molecule has 6 heteroatoms. The van der Waals surface area contributed by atoms with Crippen molar-refractivity contribution < 1.29 is 17.9 Å². The van der Waals surface area contributed by atoms with Gasteiger partial charge in [-0.2, -0.15) is 4.31 Å². The molecule has 3 aromatic carbocycles. The van der Waals surface area contributed by atoms with Gasteiger partial charge in [-0.05, 0) is 73.2 Å². The Morgan fingerprint density at radius 3 is 2.09 bits per heavy atom. The third-order valence-corrected chi connectivity index (χ3v) is 7.27. The average Bonchev–Trinajstić information content (AvgIpc) is 2.78. The van der Waals surface area contributed by atoms with Gasteiger partial charge in [0.15, 0.2) is 6.61 Å². The van der Waals surface area contributed by atoms with Crippen molar-refractivity contribution in [1.82, 2.24) is 0 Å². The van der Waals surface area contributed by atoms with Crippen LogP contribution < -0.4 is 9.04 Å². The molecule has 0 heterocycles. The summed E-state index contributed by atoms with van der Waals surface area (Å²) in [4.78, 5) is 13.4. The predicted molar refractivity (Wildman–Crippen MR) is 132 cm³/mol. The van der Waals surface area contributed by atoms with Crippen molar-refractivity contribution in [3.8, 4) is 5.75 Å². The van der Waals surface area contributed by atoms with Crippen LogP contribution in [0.5, 0.6) is 5.75 Å². The first-order valence-corrected chi connectivity index (χ1v) is 12.5. The average molecular weight is 466 g/mol. The zero-order valence-corrected chi connectivity index (χ0v) is 20.6. The minimum absolute atomic E-state index is 0.0550. The van der Waals surface area contributed by atoms with Crippen molar-refractivity contribution in [2.24, 2.45) is 0 Å². The van der Waals surface area contributed by atoms with Gasteiger partial charge >= 0.3 is 0 Å². The Bertz CT molecular complexity index is 1210. The largest absolute Gasteiger partial charge is 0.483 e. The lowest BCUT2D eigenvalue weighted by Gasteiger charge is -2.24. The second kappa shape index (κ2) is 10.2. The van der Waals surface area contributed by atoms with Crippen LogP contribution in [0.15, 0.2) is 71.6 Å². The number of hydrogen-bond acceptors (Lipinski definition) is 4. The minimum atomic E-state index is -4.12. The molecule has 0 saturated heterocycles. The molecule has 0 atom stereocenters. The molecular weight excluding hydrogens is 434 g/mol. The second-order valence-corrected chi connectivity index (χ2v) is 10.3. The number of aryl methyl sites for hydroxylation is 3. The number of carbonyl (C=O) groups is 1. The van der Waals surface area contributed by atoms with Gasteiger partial charge < -0.3 is 4.74 Å². The van der Waals surface area contributed by atoms with Gasteiger partial charge in [0.05, 0.1) is 10.6 Å². The highest BCUT2D eigenvalue weighted by Crippen LogP contribution is 2.29. The molecule has 0 N–H and O–H groups in total. The first-order valence-electron chi connectivity index (χ1n) is 11.1. The number of carbonyl (C=O) groups excluding carboxylic acids is 1. The first-order chi connectivity index (χ1) is 15.6. The Morgan fingerprint density at radius 1 is 0.909 bits per heavy atom. The molecule has 3 rings (SSSR count). The summed E-state index contributed by atoms with van der Waals surface area (Å²) in [5.74, 6) is 0.132. The summed E-state index contributed by atoms with van der Waals surface area (Å²) in [6.45, 7) is 9.53. The molecule has 0 unspecified atom stereocenters. The molecule has 0 fully saturated rings. The van der Waals surface area contributed by atoms with Crippen LogP contribution in [-0.4, -0.2) is 20.9 Å². The molecule has 0 saturated carbocycles. The third-order valence-electron chi connectivity index (χ3n) is 5.51. The van der Waals surface area contributed by atoms with Gasteiger partial charge in [0.25, 0.3) is 15.9 Å². The SMILES string of the molecule is CCc1ccc(N(C(=O)COc2cc(C)ccc2C(C)C)S(=O)(=O)c2ccc(C)cc2)cc1. The van der Waals surface area contributed by atoms with Crippen molar-refractivity contribution in [3.63, 3.8) is 0 Å². The van der Waals surface area contributed by atoms with Gasteiger partial charge in [0.1, 0.15) is 5.75 Å². The quantitative estimate of drug-likeness (QED) is 0.422. The van der Waals surface area contributed by atoms with Gasteiger partial charge in [-0.15, -0.1) is 0 Å². The monoisotopic (exact) mass is 465 g/mol. The van der Waals surface area contributed by atoms with E-state index in [9.17, 15) is 13.2 Å². The van der Waals surface area contributed by atoms with E-state index in [-0.39, 0.29) is 16.5 Å². The molecule has 1 amide bonds.